The van der Waals surface area contributed by atoms with Gasteiger partial charge in [0.05, 0.1) is 22.4 Å². The first-order valence-electron chi connectivity index (χ1n) is 9.45. The number of anilines is 1. The number of ketones is 1. The Morgan fingerprint density at radius 1 is 0.931 bits per heavy atom. The van der Waals surface area contributed by atoms with Crippen molar-refractivity contribution in [3.63, 3.8) is 0 Å². The van der Waals surface area contributed by atoms with E-state index in [4.69, 9.17) is 4.74 Å². The molecule has 150 valence electrons. The molecule has 29 heavy (non-hydrogen) atoms. The summed E-state index contributed by atoms with van der Waals surface area (Å²) in [4.78, 5) is 50.9. The third-order valence-electron chi connectivity index (χ3n) is 4.90. The van der Waals surface area contributed by atoms with E-state index in [1.807, 2.05) is 19.1 Å². The second-order valence-electron chi connectivity index (χ2n) is 7.98. The number of Topliss-reactive ketones (excluding diaryl/α,β-unsaturated/α-hetero) is 1. The molecule has 0 saturated carbocycles. The number of benzene rings is 2. The Morgan fingerprint density at radius 3 is 2.14 bits per heavy atom. The summed E-state index contributed by atoms with van der Waals surface area (Å²) < 4.78 is 5.08. The number of carbonyl (C=O) groups is 4. The number of carbonyl (C=O) groups excluding carboxylic acids is 4. The third-order valence-corrected chi connectivity index (χ3v) is 4.90. The van der Waals surface area contributed by atoms with Crippen LogP contribution in [0.1, 0.15) is 64.3 Å². The lowest BCUT2D eigenvalue weighted by molar-refractivity contribution is -0.129. The van der Waals surface area contributed by atoms with E-state index in [-0.39, 0.29) is 29.1 Å². The summed E-state index contributed by atoms with van der Waals surface area (Å²) in [6.07, 6.45) is 0.853. The van der Waals surface area contributed by atoms with E-state index in [2.05, 4.69) is 0 Å². The normalized spacial score (nSPS) is 13.4. The second-order valence-corrected chi connectivity index (χ2v) is 7.98. The average Bonchev–Trinajstić information content (AvgIpc) is 2.95. The number of fused-ring (bicyclic) bond motifs is 1. The molecule has 0 saturated heterocycles. The number of imide groups is 1. The lowest BCUT2D eigenvalue weighted by Crippen LogP contribution is -2.29. The maximum absolute atomic E-state index is 12.8. The van der Waals surface area contributed by atoms with E-state index in [0.29, 0.717) is 5.69 Å². The fourth-order valence-corrected chi connectivity index (χ4v) is 2.91. The first-order chi connectivity index (χ1) is 13.6. The molecule has 0 atom stereocenters. The summed E-state index contributed by atoms with van der Waals surface area (Å²) >= 11 is 0. The number of rotatable bonds is 5. The Hall–Kier alpha value is -3.28. The van der Waals surface area contributed by atoms with Crippen LogP contribution in [0.15, 0.2) is 42.5 Å². The molecule has 1 aliphatic heterocycles. The van der Waals surface area contributed by atoms with E-state index in [9.17, 15) is 19.2 Å². The molecule has 0 aliphatic carbocycles. The predicted octanol–water partition coefficient (Wildman–Crippen LogP) is 3.82. The van der Waals surface area contributed by atoms with Crippen LogP contribution < -0.4 is 4.90 Å². The van der Waals surface area contributed by atoms with Gasteiger partial charge in [0.2, 0.25) is 0 Å². The largest absolute Gasteiger partial charge is 0.454 e. The number of amides is 2. The van der Waals surface area contributed by atoms with E-state index in [1.165, 1.54) is 18.2 Å². The highest BCUT2D eigenvalue weighted by Gasteiger charge is 2.37. The Labute approximate surface area is 169 Å². The van der Waals surface area contributed by atoms with Crippen LogP contribution in [-0.4, -0.2) is 30.2 Å². The standard InChI is InChI=1S/C23H23NO5/c1-5-14-6-9-16(10-7-14)24-20(26)17-11-8-15(12-18(17)21(24)27)22(28)29-13-19(25)23(2,3)4/h6-12H,5,13H2,1-4H3. The van der Waals surface area contributed by atoms with Crippen LogP contribution in [0.3, 0.4) is 0 Å². The van der Waals surface area contributed by atoms with Crippen LogP contribution >= 0.6 is 0 Å². The van der Waals surface area contributed by atoms with Crippen LogP contribution in [0, 0.1) is 5.41 Å². The van der Waals surface area contributed by atoms with Gasteiger partial charge in [-0.1, -0.05) is 39.8 Å². The molecule has 6 nitrogen and oxygen atoms in total. The van der Waals surface area contributed by atoms with Crippen molar-refractivity contribution in [2.45, 2.75) is 34.1 Å². The number of esters is 1. The molecular weight excluding hydrogens is 370 g/mol. The molecule has 0 aromatic heterocycles. The summed E-state index contributed by atoms with van der Waals surface area (Å²) in [6, 6.07) is 11.4. The number of nitrogens with zero attached hydrogens (tertiary/aromatic N) is 1. The molecule has 0 N–H and O–H groups in total. The first kappa shape index (κ1) is 20.5. The zero-order chi connectivity index (χ0) is 21.3. The fraction of sp³-hybridized carbons (Fsp3) is 0.304. The SMILES string of the molecule is CCc1ccc(N2C(=O)c3ccc(C(=O)OCC(=O)C(C)(C)C)cc3C2=O)cc1. The minimum atomic E-state index is -0.712. The maximum atomic E-state index is 12.8. The molecule has 1 heterocycles. The zero-order valence-corrected chi connectivity index (χ0v) is 16.9. The van der Waals surface area contributed by atoms with Crippen molar-refractivity contribution in [1.82, 2.24) is 0 Å². The van der Waals surface area contributed by atoms with Crippen molar-refractivity contribution < 1.29 is 23.9 Å². The van der Waals surface area contributed by atoms with Crippen LogP contribution in [0.25, 0.3) is 0 Å². The van der Waals surface area contributed by atoms with Crippen molar-refractivity contribution in [1.29, 1.82) is 0 Å². The van der Waals surface area contributed by atoms with Gasteiger partial charge in [0, 0.05) is 5.41 Å². The van der Waals surface area contributed by atoms with E-state index >= 15 is 0 Å². The van der Waals surface area contributed by atoms with Gasteiger partial charge in [-0.3, -0.25) is 14.4 Å². The number of hydrogen-bond donors (Lipinski definition) is 0. The molecule has 6 heteroatoms. The van der Waals surface area contributed by atoms with Crippen molar-refractivity contribution in [3.05, 3.63) is 64.7 Å². The molecule has 0 spiro atoms. The van der Waals surface area contributed by atoms with Crippen LogP contribution in [0.5, 0.6) is 0 Å². The summed E-state index contributed by atoms with van der Waals surface area (Å²) in [6.45, 7) is 6.90. The van der Waals surface area contributed by atoms with E-state index in [1.54, 1.807) is 32.9 Å². The molecule has 2 aromatic carbocycles. The van der Waals surface area contributed by atoms with Crippen LogP contribution in [0.2, 0.25) is 0 Å². The Bertz CT molecular complexity index is 999. The highest BCUT2D eigenvalue weighted by Crippen LogP contribution is 2.29. The summed E-state index contributed by atoms with van der Waals surface area (Å²) in [5.74, 6) is -1.84. The smallest absolute Gasteiger partial charge is 0.338 e. The van der Waals surface area contributed by atoms with Gasteiger partial charge in [-0.2, -0.15) is 0 Å². The Balaban J connectivity index is 1.81. The van der Waals surface area contributed by atoms with Gasteiger partial charge in [0.1, 0.15) is 0 Å². The van der Waals surface area contributed by atoms with Gasteiger partial charge in [-0.25, -0.2) is 9.69 Å². The van der Waals surface area contributed by atoms with Gasteiger partial charge in [-0.15, -0.1) is 0 Å². The molecule has 0 bridgehead atoms. The average molecular weight is 393 g/mol. The molecular formula is C23H23NO5. The number of aryl methyl sites for hydroxylation is 1. The fourth-order valence-electron chi connectivity index (χ4n) is 2.91. The predicted molar refractivity (Wildman–Crippen MR) is 108 cm³/mol. The number of ether oxygens (including phenoxy) is 1. The minimum Gasteiger partial charge on any atom is -0.454 e. The molecule has 3 rings (SSSR count). The Kier molecular flexibility index (Phi) is 5.38. The molecule has 0 radical (unpaired) electrons. The lowest BCUT2D eigenvalue weighted by atomic mass is 9.91. The van der Waals surface area contributed by atoms with Crippen molar-refractivity contribution >= 4 is 29.3 Å². The lowest BCUT2D eigenvalue weighted by Gasteiger charge is -2.16. The molecule has 0 fully saturated rings. The first-order valence-corrected chi connectivity index (χ1v) is 9.45. The molecule has 2 amide bonds. The van der Waals surface area contributed by atoms with Crippen LogP contribution in [-0.2, 0) is 16.0 Å². The third kappa shape index (κ3) is 3.97. The van der Waals surface area contributed by atoms with Gasteiger partial charge >= 0.3 is 5.97 Å². The van der Waals surface area contributed by atoms with Gasteiger partial charge in [0.25, 0.3) is 11.8 Å². The van der Waals surface area contributed by atoms with E-state index < -0.39 is 23.2 Å². The Morgan fingerprint density at radius 2 is 1.55 bits per heavy atom. The van der Waals surface area contributed by atoms with Gasteiger partial charge in [0.15, 0.2) is 12.4 Å². The van der Waals surface area contributed by atoms with Gasteiger partial charge in [-0.05, 0) is 42.3 Å². The monoisotopic (exact) mass is 393 g/mol. The topological polar surface area (TPSA) is 80.8 Å². The summed E-state index contributed by atoms with van der Waals surface area (Å²) in [7, 11) is 0. The second kappa shape index (κ2) is 7.62. The van der Waals surface area contributed by atoms with Gasteiger partial charge < -0.3 is 4.74 Å². The molecule has 2 aromatic rings. The summed E-state index contributed by atoms with van der Waals surface area (Å²) in [5, 5.41) is 0. The van der Waals surface area contributed by atoms with E-state index in [0.717, 1.165) is 16.9 Å². The zero-order valence-electron chi connectivity index (χ0n) is 16.9. The van der Waals surface area contributed by atoms with Crippen LogP contribution in [0.4, 0.5) is 5.69 Å². The molecule has 1 aliphatic rings. The summed E-state index contributed by atoms with van der Waals surface area (Å²) in [5.41, 5.74) is 1.46. The van der Waals surface area contributed by atoms with Crippen molar-refractivity contribution in [3.8, 4) is 0 Å². The van der Waals surface area contributed by atoms with Crippen molar-refractivity contribution in [2.24, 2.45) is 5.41 Å². The quantitative estimate of drug-likeness (QED) is 0.570. The highest BCUT2D eigenvalue weighted by molar-refractivity contribution is 6.34. The minimum absolute atomic E-state index is 0.120. The molecule has 0 unspecified atom stereocenters. The maximum Gasteiger partial charge on any atom is 0.338 e. The highest BCUT2D eigenvalue weighted by atomic mass is 16.5. The van der Waals surface area contributed by atoms with Crippen molar-refractivity contribution in [2.75, 3.05) is 11.5 Å². The number of hydrogen-bond acceptors (Lipinski definition) is 5.